The smallest absolute Gasteiger partial charge is 0.335 e. The topological polar surface area (TPSA) is 98.7 Å². The van der Waals surface area contributed by atoms with Crippen molar-refractivity contribution in [3.8, 4) is 0 Å². The third-order valence-electron chi connectivity index (χ3n) is 5.96. The Kier molecular flexibility index (Phi) is 4.67. The number of hydrogen-bond acceptors (Lipinski definition) is 5. The summed E-state index contributed by atoms with van der Waals surface area (Å²) in [6, 6.07) is 15.3. The molecule has 2 amide bonds. The van der Waals surface area contributed by atoms with E-state index in [2.05, 4.69) is 10.6 Å². The molecule has 3 aromatic rings. The summed E-state index contributed by atoms with van der Waals surface area (Å²) in [5.41, 5.74) is 2.04. The van der Waals surface area contributed by atoms with Crippen LogP contribution in [0.4, 0.5) is 11.4 Å². The van der Waals surface area contributed by atoms with Crippen molar-refractivity contribution in [3.63, 3.8) is 0 Å². The van der Waals surface area contributed by atoms with Crippen molar-refractivity contribution in [1.29, 1.82) is 0 Å². The predicted molar refractivity (Wildman–Crippen MR) is 118 cm³/mol. The molecule has 0 aliphatic carbocycles. The number of anilines is 2. The Morgan fingerprint density at radius 1 is 0.968 bits per heavy atom. The van der Waals surface area contributed by atoms with Crippen LogP contribution in [0, 0.1) is 0 Å². The molecule has 1 fully saturated rings. The molecule has 31 heavy (non-hydrogen) atoms. The number of carbonyl (C=O) groups is 3. The lowest BCUT2D eigenvalue weighted by Crippen LogP contribution is -2.40. The fourth-order valence-corrected chi connectivity index (χ4v) is 4.42. The Balaban J connectivity index is 1.59. The van der Waals surface area contributed by atoms with Gasteiger partial charge < -0.3 is 15.7 Å². The zero-order valence-corrected chi connectivity index (χ0v) is 16.7. The van der Waals surface area contributed by atoms with Gasteiger partial charge in [-0.15, -0.1) is 0 Å². The van der Waals surface area contributed by atoms with Crippen molar-refractivity contribution in [3.05, 3.63) is 71.3 Å². The number of imide groups is 1. The van der Waals surface area contributed by atoms with Crippen LogP contribution in [-0.4, -0.2) is 42.0 Å². The molecule has 2 aliphatic rings. The van der Waals surface area contributed by atoms with Gasteiger partial charge in [0.05, 0.1) is 11.3 Å². The van der Waals surface area contributed by atoms with Crippen LogP contribution in [-0.2, 0) is 0 Å². The average Bonchev–Trinajstić information content (AvgIpc) is 2.79. The lowest BCUT2D eigenvalue weighted by molar-refractivity contribution is 0.0695. The molecule has 5 rings (SSSR count). The molecule has 0 atom stereocenters. The van der Waals surface area contributed by atoms with E-state index in [-0.39, 0.29) is 11.3 Å². The monoisotopic (exact) mass is 415 g/mol. The van der Waals surface area contributed by atoms with Crippen LogP contribution in [0.1, 0.15) is 43.9 Å². The number of nitrogens with zero attached hydrogens (tertiary/aromatic N) is 1. The number of aromatic carboxylic acids is 1. The zero-order valence-electron chi connectivity index (χ0n) is 16.7. The number of carboxylic acids is 1. The number of carboxylic acid groups (broad SMARTS) is 1. The van der Waals surface area contributed by atoms with Gasteiger partial charge in [-0.3, -0.25) is 9.59 Å². The molecule has 0 radical (unpaired) electrons. The molecule has 0 aromatic heterocycles. The number of carbonyl (C=O) groups excluding carboxylic acids is 2. The molecule has 0 spiro atoms. The first kappa shape index (κ1) is 19.3. The standard InChI is InChI=1S/C24H21N3O4/c28-22-18-6-2-5-17-20(26-15-9-11-25-12-10-15)8-7-19(21(17)18)23(29)27(22)16-4-1-3-14(13-16)24(30)31/h1-8,13,15,25-26H,9-12H2,(H,30,31). The van der Waals surface area contributed by atoms with Gasteiger partial charge in [-0.1, -0.05) is 18.2 Å². The highest BCUT2D eigenvalue weighted by atomic mass is 16.4. The van der Waals surface area contributed by atoms with Crippen LogP contribution < -0.4 is 15.5 Å². The summed E-state index contributed by atoms with van der Waals surface area (Å²) in [4.78, 5) is 39.1. The molecule has 7 heteroatoms. The number of hydrogen-bond donors (Lipinski definition) is 3. The third-order valence-corrected chi connectivity index (χ3v) is 5.96. The fraction of sp³-hybridized carbons (Fsp3) is 0.208. The second-order valence-corrected chi connectivity index (χ2v) is 7.86. The average molecular weight is 415 g/mol. The second kappa shape index (κ2) is 7.52. The minimum Gasteiger partial charge on any atom is -0.478 e. The highest BCUT2D eigenvalue weighted by Crippen LogP contribution is 2.36. The molecule has 2 aliphatic heterocycles. The van der Waals surface area contributed by atoms with Gasteiger partial charge in [0.25, 0.3) is 11.8 Å². The van der Waals surface area contributed by atoms with Crippen molar-refractivity contribution < 1.29 is 19.5 Å². The molecular formula is C24H21N3O4. The van der Waals surface area contributed by atoms with E-state index in [1.165, 1.54) is 18.2 Å². The maximum atomic E-state index is 13.3. The second-order valence-electron chi connectivity index (χ2n) is 7.86. The van der Waals surface area contributed by atoms with Crippen LogP contribution >= 0.6 is 0 Å². The van der Waals surface area contributed by atoms with Gasteiger partial charge in [-0.05, 0) is 62.3 Å². The molecule has 0 unspecified atom stereocenters. The van der Waals surface area contributed by atoms with E-state index < -0.39 is 17.8 Å². The maximum Gasteiger partial charge on any atom is 0.335 e. The Labute approximate surface area is 178 Å². The lowest BCUT2D eigenvalue weighted by Gasteiger charge is -2.29. The molecule has 0 bridgehead atoms. The molecule has 3 aromatic carbocycles. The summed E-state index contributed by atoms with van der Waals surface area (Å²) in [6.45, 7) is 1.92. The van der Waals surface area contributed by atoms with Crippen molar-refractivity contribution in [2.75, 3.05) is 23.3 Å². The van der Waals surface area contributed by atoms with Gasteiger partial charge in [-0.25, -0.2) is 9.69 Å². The van der Waals surface area contributed by atoms with Crippen LogP contribution in [0.25, 0.3) is 10.8 Å². The van der Waals surface area contributed by atoms with E-state index in [0.717, 1.165) is 41.9 Å². The number of piperidine rings is 1. The van der Waals surface area contributed by atoms with Gasteiger partial charge in [0.2, 0.25) is 0 Å². The van der Waals surface area contributed by atoms with Crippen LogP contribution in [0.15, 0.2) is 54.6 Å². The van der Waals surface area contributed by atoms with E-state index >= 15 is 0 Å². The van der Waals surface area contributed by atoms with E-state index in [0.29, 0.717) is 22.6 Å². The molecule has 0 saturated carbocycles. The zero-order chi connectivity index (χ0) is 21.5. The fourth-order valence-electron chi connectivity index (χ4n) is 4.42. The van der Waals surface area contributed by atoms with E-state index in [1.807, 2.05) is 18.2 Å². The summed E-state index contributed by atoms with van der Waals surface area (Å²) in [7, 11) is 0. The molecule has 3 N–H and O–H groups in total. The molecular weight excluding hydrogens is 394 g/mol. The van der Waals surface area contributed by atoms with Gasteiger partial charge >= 0.3 is 5.97 Å². The summed E-state index contributed by atoms with van der Waals surface area (Å²) >= 11 is 0. The minimum atomic E-state index is -1.12. The highest BCUT2D eigenvalue weighted by molar-refractivity contribution is 6.36. The van der Waals surface area contributed by atoms with E-state index in [1.54, 1.807) is 18.2 Å². The molecule has 7 nitrogen and oxygen atoms in total. The SMILES string of the molecule is O=C(O)c1cccc(N2C(=O)c3cccc4c(NC5CCNCC5)ccc(c34)C2=O)c1. The van der Waals surface area contributed by atoms with Crippen molar-refractivity contribution in [2.45, 2.75) is 18.9 Å². The first-order chi connectivity index (χ1) is 15.0. The Morgan fingerprint density at radius 3 is 2.42 bits per heavy atom. The van der Waals surface area contributed by atoms with Gasteiger partial charge in [0.1, 0.15) is 0 Å². The predicted octanol–water partition coefficient (Wildman–Crippen LogP) is 3.50. The maximum absolute atomic E-state index is 13.3. The van der Waals surface area contributed by atoms with Gasteiger partial charge in [0.15, 0.2) is 0 Å². The Morgan fingerprint density at radius 2 is 1.68 bits per heavy atom. The first-order valence-corrected chi connectivity index (χ1v) is 10.3. The molecule has 1 saturated heterocycles. The number of rotatable bonds is 4. The molecule has 2 heterocycles. The minimum absolute atomic E-state index is 0.0172. The highest BCUT2D eigenvalue weighted by Gasteiger charge is 2.34. The third kappa shape index (κ3) is 3.23. The van der Waals surface area contributed by atoms with Gasteiger partial charge in [0, 0.05) is 33.6 Å². The lowest BCUT2D eigenvalue weighted by atomic mass is 9.92. The summed E-state index contributed by atoms with van der Waals surface area (Å²) in [5.74, 6) is -2.02. The Bertz CT molecular complexity index is 1210. The van der Waals surface area contributed by atoms with Crippen LogP contribution in [0.5, 0.6) is 0 Å². The normalized spacial score (nSPS) is 16.6. The van der Waals surface area contributed by atoms with Crippen LogP contribution in [0.3, 0.4) is 0 Å². The Hall–Kier alpha value is -3.71. The quantitative estimate of drug-likeness (QED) is 0.564. The number of benzene rings is 3. The van der Waals surface area contributed by atoms with Crippen LogP contribution in [0.2, 0.25) is 0 Å². The number of amides is 2. The van der Waals surface area contributed by atoms with Crippen molar-refractivity contribution in [1.82, 2.24) is 5.32 Å². The van der Waals surface area contributed by atoms with Crippen molar-refractivity contribution >= 4 is 39.9 Å². The largest absolute Gasteiger partial charge is 0.478 e. The number of nitrogens with one attached hydrogen (secondary N) is 2. The van der Waals surface area contributed by atoms with Crippen molar-refractivity contribution in [2.24, 2.45) is 0 Å². The summed E-state index contributed by atoms with van der Waals surface area (Å²) in [5, 5.41) is 17.7. The summed E-state index contributed by atoms with van der Waals surface area (Å²) < 4.78 is 0. The van der Waals surface area contributed by atoms with E-state index in [9.17, 15) is 19.5 Å². The first-order valence-electron chi connectivity index (χ1n) is 10.3. The van der Waals surface area contributed by atoms with E-state index in [4.69, 9.17) is 0 Å². The van der Waals surface area contributed by atoms with Gasteiger partial charge in [-0.2, -0.15) is 0 Å². The summed E-state index contributed by atoms with van der Waals surface area (Å²) in [6.07, 6.45) is 2.02. The molecule has 156 valence electrons.